The average Bonchev–Trinajstić information content (AvgIpc) is 3.41. The Hall–Kier alpha value is -2.55. The van der Waals surface area contributed by atoms with E-state index >= 15 is 0 Å². The summed E-state index contributed by atoms with van der Waals surface area (Å²) >= 11 is 0. The molecule has 0 heterocycles. The molecule has 0 bridgehead atoms. The quantitative estimate of drug-likeness (QED) is 0.0264. The topological polar surface area (TPSA) is 134 Å². The van der Waals surface area contributed by atoms with Crippen LogP contribution in [0.5, 0.6) is 0 Å². The van der Waals surface area contributed by atoms with Gasteiger partial charge in [-0.2, -0.15) is 0 Å². The fourth-order valence-corrected chi connectivity index (χ4v) is 9.94. The lowest BCUT2D eigenvalue weighted by Gasteiger charge is -2.19. The number of unbranched alkanes of at least 4 members (excludes halogenated alkanes) is 35. The van der Waals surface area contributed by atoms with Gasteiger partial charge in [0.25, 0.3) is 0 Å². The Labute approximate surface area is 469 Å². The molecule has 0 aromatic carbocycles. The molecule has 0 aromatic rings. The lowest BCUT2D eigenvalue weighted by atomic mass is 10.0. The van der Waals surface area contributed by atoms with Crippen LogP contribution in [0.4, 0.5) is 0 Å². The van der Waals surface area contributed by atoms with Gasteiger partial charge in [-0.25, -0.2) is 4.57 Å². The summed E-state index contributed by atoms with van der Waals surface area (Å²) in [6.07, 6.45) is 79.7. The third kappa shape index (κ3) is 60.7. The Morgan fingerprint density at radius 1 is 0.408 bits per heavy atom. The van der Waals surface area contributed by atoms with Crippen molar-refractivity contribution < 1.29 is 37.6 Å². The molecule has 2 atom stereocenters. The van der Waals surface area contributed by atoms with Gasteiger partial charge in [-0.1, -0.05) is 299 Å². The monoisotopic (exact) mass is 1090 g/mol. The van der Waals surface area contributed by atoms with Crippen molar-refractivity contribution in [2.24, 2.45) is 5.73 Å². The number of carbonyl (C=O) groups excluding carboxylic acids is 2. The molecule has 0 aliphatic rings. The molecule has 0 aliphatic carbocycles. The van der Waals surface area contributed by atoms with Gasteiger partial charge in [-0.05, 0) is 64.2 Å². The van der Waals surface area contributed by atoms with E-state index < -0.39 is 26.5 Å². The second-order valence-electron chi connectivity index (χ2n) is 21.3. The van der Waals surface area contributed by atoms with E-state index in [0.29, 0.717) is 6.42 Å². The number of carbonyl (C=O) groups is 2. The van der Waals surface area contributed by atoms with Gasteiger partial charge < -0.3 is 20.1 Å². The first-order chi connectivity index (χ1) is 37.3. The highest BCUT2D eigenvalue weighted by Gasteiger charge is 2.26. The lowest BCUT2D eigenvalue weighted by Crippen LogP contribution is -2.29. The number of phosphoric acid groups is 1. The van der Waals surface area contributed by atoms with E-state index in [9.17, 15) is 19.0 Å². The van der Waals surface area contributed by atoms with Crippen molar-refractivity contribution in [1.29, 1.82) is 0 Å². The molecule has 0 fully saturated rings. The maximum atomic E-state index is 12.7. The number of esters is 2. The lowest BCUT2D eigenvalue weighted by molar-refractivity contribution is -0.161. The summed E-state index contributed by atoms with van der Waals surface area (Å²) in [4.78, 5) is 35.3. The smallest absolute Gasteiger partial charge is 0.462 e. The van der Waals surface area contributed by atoms with Crippen molar-refractivity contribution >= 4 is 19.8 Å². The molecule has 0 rings (SSSR count). The van der Waals surface area contributed by atoms with Gasteiger partial charge in [-0.3, -0.25) is 18.6 Å². The third-order valence-electron chi connectivity index (χ3n) is 13.9. The number of allylic oxidation sites excluding steroid dienone is 12. The van der Waals surface area contributed by atoms with Crippen molar-refractivity contribution in [3.63, 3.8) is 0 Å². The number of hydrogen-bond acceptors (Lipinski definition) is 8. The van der Waals surface area contributed by atoms with Crippen molar-refractivity contribution in [3.05, 3.63) is 72.9 Å². The Kier molecular flexibility index (Phi) is 59.6. The number of phosphoric ester groups is 1. The Morgan fingerprint density at radius 2 is 0.724 bits per heavy atom. The Morgan fingerprint density at radius 3 is 1.08 bits per heavy atom. The van der Waals surface area contributed by atoms with Crippen LogP contribution in [0.2, 0.25) is 0 Å². The normalized spacial score (nSPS) is 13.5. The van der Waals surface area contributed by atoms with E-state index in [1.165, 1.54) is 193 Å². The Bertz CT molecular complexity index is 1470. The minimum atomic E-state index is -4.39. The standard InChI is InChI=1S/C66H120NO8P/c1-3-5-7-9-11-13-15-17-19-21-23-25-27-29-30-31-32-33-34-35-37-39-41-43-45-47-49-51-53-55-57-59-66(69)75-64(63-74-76(70,71)73-61-60-67)62-72-65(68)58-56-54-52-50-48-46-44-42-40-38-36-28-26-24-22-20-18-16-14-12-10-8-6-4-2/h5,7,11,13,17,19,23,25,29-30,32-33,64H,3-4,6,8-10,12,14-16,18,20-22,24,26-28,31,34-63,67H2,1-2H3,(H,70,71)/b7-5-,13-11-,19-17-,25-23-,30-29-,33-32-. The number of hydrogen-bond donors (Lipinski definition) is 2. The third-order valence-corrected chi connectivity index (χ3v) is 14.8. The highest BCUT2D eigenvalue weighted by atomic mass is 31.2. The molecule has 3 N–H and O–H groups in total. The second kappa shape index (κ2) is 61.7. The first kappa shape index (κ1) is 73.5. The predicted molar refractivity (Wildman–Crippen MR) is 326 cm³/mol. The summed E-state index contributed by atoms with van der Waals surface area (Å²) in [5.74, 6) is -0.818. The molecule has 2 unspecified atom stereocenters. The molecule has 442 valence electrons. The van der Waals surface area contributed by atoms with Crippen LogP contribution in [0, 0.1) is 0 Å². The zero-order chi connectivity index (χ0) is 55.2. The average molecular weight is 1090 g/mol. The first-order valence-electron chi connectivity index (χ1n) is 31.9. The molecule has 0 saturated heterocycles. The molecule has 0 aromatic heterocycles. The minimum absolute atomic E-state index is 0.0524. The molecular formula is C66H120NO8P. The van der Waals surface area contributed by atoms with E-state index in [1.807, 2.05) is 0 Å². The van der Waals surface area contributed by atoms with Crippen LogP contribution >= 0.6 is 7.82 Å². The molecule has 76 heavy (non-hydrogen) atoms. The van der Waals surface area contributed by atoms with Gasteiger partial charge >= 0.3 is 19.8 Å². The van der Waals surface area contributed by atoms with Gasteiger partial charge in [0.15, 0.2) is 6.10 Å². The van der Waals surface area contributed by atoms with Crippen LogP contribution < -0.4 is 5.73 Å². The summed E-state index contributed by atoms with van der Waals surface area (Å²) in [6, 6.07) is 0. The highest BCUT2D eigenvalue weighted by molar-refractivity contribution is 7.47. The minimum Gasteiger partial charge on any atom is -0.462 e. The molecular weight excluding hydrogens is 966 g/mol. The van der Waals surface area contributed by atoms with Gasteiger partial charge in [0.1, 0.15) is 6.61 Å². The van der Waals surface area contributed by atoms with E-state index in [-0.39, 0.29) is 38.6 Å². The van der Waals surface area contributed by atoms with E-state index in [2.05, 4.69) is 86.8 Å². The van der Waals surface area contributed by atoms with Crippen LogP contribution in [0.15, 0.2) is 72.9 Å². The molecule has 0 spiro atoms. The van der Waals surface area contributed by atoms with Gasteiger partial charge in [0.05, 0.1) is 13.2 Å². The van der Waals surface area contributed by atoms with Gasteiger partial charge in [-0.15, -0.1) is 0 Å². The van der Waals surface area contributed by atoms with Gasteiger partial charge in [0.2, 0.25) is 0 Å². The maximum Gasteiger partial charge on any atom is 0.472 e. The van der Waals surface area contributed by atoms with Crippen LogP contribution in [0.1, 0.15) is 303 Å². The number of nitrogens with two attached hydrogens (primary N) is 1. The van der Waals surface area contributed by atoms with Crippen LogP contribution in [-0.4, -0.2) is 49.3 Å². The van der Waals surface area contributed by atoms with Gasteiger partial charge in [0, 0.05) is 19.4 Å². The molecule has 0 aliphatic heterocycles. The van der Waals surface area contributed by atoms with Crippen molar-refractivity contribution in [1.82, 2.24) is 0 Å². The molecule has 9 nitrogen and oxygen atoms in total. The Balaban J connectivity index is 3.92. The van der Waals surface area contributed by atoms with E-state index in [4.69, 9.17) is 24.3 Å². The molecule has 0 radical (unpaired) electrons. The van der Waals surface area contributed by atoms with Crippen molar-refractivity contribution in [2.45, 2.75) is 309 Å². The highest BCUT2D eigenvalue weighted by Crippen LogP contribution is 2.43. The van der Waals surface area contributed by atoms with Crippen LogP contribution in [0.25, 0.3) is 0 Å². The van der Waals surface area contributed by atoms with Crippen molar-refractivity contribution in [3.8, 4) is 0 Å². The number of ether oxygens (including phenoxy) is 2. The zero-order valence-electron chi connectivity index (χ0n) is 49.5. The second-order valence-corrected chi connectivity index (χ2v) is 22.7. The van der Waals surface area contributed by atoms with Crippen LogP contribution in [0.3, 0.4) is 0 Å². The first-order valence-corrected chi connectivity index (χ1v) is 33.4. The number of rotatable bonds is 60. The zero-order valence-corrected chi connectivity index (χ0v) is 50.4. The van der Waals surface area contributed by atoms with Crippen LogP contribution in [-0.2, 0) is 32.7 Å². The predicted octanol–water partition coefficient (Wildman–Crippen LogP) is 20.5. The maximum absolute atomic E-state index is 12.7. The summed E-state index contributed by atoms with van der Waals surface area (Å²) in [5, 5.41) is 0. The largest absolute Gasteiger partial charge is 0.472 e. The summed E-state index contributed by atoms with van der Waals surface area (Å²) in [6.45, 7) is 3.67. The summed E-state index contributed by atoms with van der Waals surface area (Å²) in [7, 11) is -4.39. The summed E-state index contributed by atoms with van der Waals surface area (Å²) in [5.41, 5.74) is 5.39. The fraction of sp³-hybridized carbons (Fsp3) is 0.788. The SMILES string of the molecule is CC/C=C\C/C=C\C/C=C\C/C=C\C/C=C\C/C=C\CCCCCCCCCCCCCCC(=O)OC(COC(=O)CCCCCCCCCCCCCCCCCCCCCCCCCC)COP(=O)(O)OCCN. The molecule has 10 heteroatoms. The van der Waals surface area contributed by atoms with E-state index in [0.717, 1.165) is 77.0 Å². The van der Waals surface area contributed by atoms with Crippen molar-refractivity contribution in [2.75, 3.05) is 26.4 Å². The fourth-order valence-electron chi connectivity index (χ4n) is 9.17. The molecule has 0 amide bonds. The summed E-state index contributed by atoms with van der Waals surface area (Å²) < 4.78 is 33.1. The van der Waals surface area contributed by atoms with E-state index in [1.54, 1.807) is 0 Å². The molecule has 0 saturated carbocycles.